The minimum Gasteiger partial charge on any atom is -0.376 e. The van der Waals surface area contributed by atoms with E-state index in [0.717, 1.165) is 64.0 Å². The van der Waals surface area contributed by atoms with E-state index in [2.05, 4.69) is 27.0 Å². The Morgan fingerprint density at radius 2 is 1.86 bits per heavy atom. The van der Waals surface area contributed by atoms with Gasteiger partial charge in [-0.25, -0.2) is 0 Å². The van der Waals surface area contributed by atoms with Crippen molar-refractivity contribution in [2.75, 3.05) is 59.5 Å². The highest BCUT2D eigenvalue weighted by molar-refractivity contribution is 5.79. The van der Waals surface area contributed by atoms with Crippen LogP contribution in [-0.4, -0.2) is 87.5 Å². The van der Waals surface area contributed by atoms with Crippen LogP contribution in [0.15, 0.2) is 4.99 Å². The van der Waals surface area contributed by atoms with E-state index in [1.54, 1.807) is 0 Å². The minimum atomic E-state index is 0.324. The zero-order valence-electron chi connectivity index (χ0n) is 18.2. The van der Waals surface area contributed by atoms with Gasteiger partial charge in [0.05, 0.1) is 18.8 Å². The van der Waals surface area contributed by atoms with Crippen molar-refractivity contribution < 1.29 is 9.47 Å². The quantitative estimate of drug-likeness (QED) is 0.531. The van der Waals surface area contributed by atoms with Crippen molar-refractivity contribution in [1.82, 2.24) is 15.1 Å². The van der Waals surface area contributed by atoms with Crippen LogP contribution < -0.4 is 5.32 Å². The van der Waals surface area contributed by atoms with Gasteiger partial charge in [-0.2, -0.15) is 0 Å². The Balaban J connectivity index is 1.31. The molecule has 1 atom stereocenters. The van der Waals surface area contributed by atoms with E-state index >= 15 is 0 Å². The van der Waals surface area contributed by atoms with Crippen molar-refractivity contribution in [3.63, 3.8) is 0 Å². The highest BCUT2D eigenvalue weighted by Gasteiger charge is 2.25. The summed E-state index contributed by atoms with van der Waals surface area (Å²) in [5, 5.41) is 3.65. The van der Waals surface area contributed by atoms with Gasteiger partial charge in [-0.3, -0.25) is 4.99 Å². The number of guanidine groups is 1. The molecule has 0 aromatic rings. The zero-order valence-corrected chi connectivity index (χ0v) is 18.2. The van der Waals surface area contributed by atoms with Crippen LogP contribution in [-0.2, 0) is 9.47 Å². The van der Waals surface area contributed by atoms with Crippen molar-refractivity contribution in [2.45, 2.75) is 70.5 Å². The lowest BCUT2D eigenvalue weighted by atomic mass is 9.97. The highest BCUT2D eigenvalue weighted by Crippen LogP contribution is 2.19. The standard InChI is InChI=1S/C22H42N4O2/c1-3-11-25-12-7-19(8-13-25)17-24-22(23-2)26-14-9-20(10-15-26)28-18-21-6-4-5-16-27-21/h19-21H,3-18H2,1-2H3,(H,23,24). The van der Waals surface area contributed by atoms with E-state index in [1.165, 1.54) is 51.7 Å². The summed E-state index contributed by atoms with van der Waals surface area (Å²) in [4.78, 5) is 9.56. The van der Waals surface area contributed by atoms with Crippen LogP contribution in [0.2, 0.25) is 0 Å². The van der Waals surface area contributed by atoms with Crippen LogP contribution in [0.25, 0.3) is 0 Å². The Hall–Kier alpha value is -0.850. The first-order chi connectivity index (χ1) is 13.8. The van der Waals surface area contributed by atoms with Gasteiger partial charge >= 0.3 is 0 Å². The molecular weight excluding hydrogens is 352 g/mol. The van der Waals surface area contributed by atoms with Crippen molar-refractivity contribution in [1.29, 1.82) is 0 Å². The molecule has 0 aromatic carbocycles. The van der Waals surface area contributed by atoms with Gasteiger partial charge in [-0.15, -0.1) is 0 Å². The van der Waals surface area contributed by atoms with Crippen LogP contribution in [0, 0.1) is 5.92 Å². The molecule has 6 nitrogen and oxygen atoms in total. The Morgan fingerprint density at radius 1 is 1.07 bits per heavy atom. The summed E-state index contributed by atoms with van der Waals surface area (Å²) in [6, 6.07) is 0. The lowest BCUT2D eigenvalue weighted by Gasteiger charge is -2.36. The number of nitrogens with zero attached hydrogens (tertiary/aromatic N) is 3. The molecule has 0 radical (unpaired) electrons. The molecule has 1 N–H and O–H groups in total. The summed E-state index contributed by atoms with van der Waals surface area (Å²) in [6.07, 6.45) is 10.4. The van der Waals surface area contributed by atoms with E-state index in [9.17, 15) is 0 Å². The highest BCUT2D eigenvalue weighted by atomic mass is 16.5. The number of rotatable bonds is 7. The number of aliphatic imine (C=N–C) groups is 1. The van der Waals surface area contributed by atoms with E-state index in [4.69, 9.17) is 9.47 Å². The Bertz CT molecular complexity index is 451. The second-order valence-corrected chi connectivity index (χ2v) is 8.72. The average Bonchev–Trinajstić information content (AvgIpc) is 2.75. The maximum absolute atomic E-state index is 6.15. The summed E-state index contributed by atoms with van der Waals surface area (Å²) in [5.41, 5.74) is 0. The third kappa shape index (κ3) is 6.89. The smallest absolute Gasteiger partial charge is 0.193 e. The van der Waals surface area contributed by atoms with Gasteiger partial charge in [0.2, 0.25) is 0 Å². The van der Waals surface area contributed by atoms with Gasteiger partial charge in [-0.1, -0.05) is 6.92 Å². The molecular formula is C22H42N4O2. The molecule has 0 amide bonds. The van der Waals surface area contributed by atoms with Crippen LogP contribution in [0.5, 0.6) is 0 Å². The maximum atomic E-state index is 6.15. The van der Waals surface area contributed by atoms with Crippen LogP contribution in [0.3, 0.4) is 0 Å². The van der Waals surface area contributed by atoms with E-state index < -0.39 is 0 Å². The van der Waals surface area contributed by atoms with Gasteiger partial charge in [0, 0.05) is 33.3 Å². The molecule has 0 aliphatic carbocycles. The molecule has 3 aliphatic rings. The largest absolute Gasteiger partial charge is 0.376 e. The van der Waals surface area contributed by atoms with Gasteiger partial charge in [-0.05, 0) is 76.9 Å². The van der Waals surface area contributed by atoms with Gasteiger partial charge in [0.1, 0.15) is 0 Å². The molecule has 6 heteroatoms. The normalized spacial score (nSPS) is 26.6. The molecule has 0 saturated carbocycles. The predicted molar refractivity (Wildman–Crippen MR) is 115 cm³/mol. The second kappa shape index (κ2) is 12.0. The lowest BCUT2D eigenvalue weighted by molar-refractivity contribution is -0.0721. The van der Waals surface area contributed by atoms with Gasteiger partial charge < -0.3 is 24.6 Å². The third-order valence-corrected chi connectivity index (χ3v) is 6.54. The fraction of sp³-hybridized carbons (Fsp3) is 0.955. The molecule has 3 saturated heterocycles. The maximum Gasteiger partial charge on any atom is 0.193 e. The van der Waals surface area contributed by atoms with Crippen molar-refractivity contribution in [3.8, 4) is 0 Å². The second-order valence-electron chi connectivity index (χ2n) is 8.72. The molecule has 3 aliphatic heterocycles. The fourth-order valence-corrected chi connectivity index (χ4v) is 4.71. The van der Waals surface area contributed by atoms with Crippen molar-refractivity contribution in [2.24, 2.45) is 10.9 Å². The third-order valence-electron chi connectivity index (χ3n) is 6.54. The molecule has 1 unspecified atom stereocenters. The first kappa shape index (κ1) is 21.8. The molecule has 3 fully saturated rings. The van der Waals surface area contributed by atoms with Crippen LogP contribution in [0.1, 0.15) is 58.3 Å². The zero-order chi connectivity index (χ0) is 19.6. The van der Waals surface area contributed by atoms with Crippen molar-refractivity contribution >= 4 is 5.96 Å². The first-order valence-corrected chi connectivity index (χ1v) is 11.7. The number of hydrogen-bond donors (Lipinski definition) is 1. The van der Waals surface area contributed by atoms with Crippen molar-refractivity contribution in [3.05, 3.63) is 0 Å². The molecule has 28 heavy (non-hydrogen) atoms. The SMILES string of the molecule is CCCN1CCC(CNC(=NC)N2CCC(OCC3CCCCO3)CC2)CC1. The molecule has 0 aromatic heterocycles. The van der Waals surface area contributed by atoms with Gasteiger partial charge in [0.25, 0.3) is 0 Å². The Kier molecular flexibility index (Phi) is 9.35. The number of ether oxygens (including phenoxy) is 2. The Labute approximate surface area is 172 Å². The first-order valence-electron chi connectivity index (χ1n) is 11.7. The van der Waals surface area contributed by atoms with Crippen LogP contribution in [0.4, 0.5) is 0 Å². The fourth-order valence-electron chi connectivity index (χ4n) is 4.71. The number of hydrogen-bond acceptors (Lipinski definition) is 4. The summed E-state index contributed by atoms with van der Waals surface area (Å²) in [7, 11) is 1.91. The Morgan fingerprint density at radius 3 is 2.50 bits per heavy atom. The van der Waals surface area contributed by atoms with E-state index in [1.807, 2.05) is 7.05 Å². The topological polar surface area (TPSA) is 49.3 Å². The summed E-state index contributed by atoms with van der Waals surface area (Å²) >= 11 is 0. The average molecular weight is 395 g/mol. The van der Waals surface area contributed by atoms with E-state index in [0.29, 0.717) is 12.2 Å². The molecule has 162 valence electrons. The molecule has 0 spiro atoms. The summed E-state index contributed by atoms with van der Waals surface area (Å²) in [6.45, 7) is 10.8. The summed E-state index contributed by atoms with van der Waals surface area (Å²) in [5.74, 6) is 1.85. The molecule has 3 rings (SSSR count). The molecule has 3 heterocycles. The lowest BCUT2D eigenvalue weighted by Crippen LogP contribution is -2.49. The number of likely N-dealkylation sites (tertiary alicyclic amines) is 2. The predicted octanol–water partition coefficient (Wildman–Crippen LogP) is 2.73. The van der Waals surface area contributed by atoms with Crippen LogP contribution >= 0.6 is 0 Å². The van der Waals surface area contributed by atoms with E-state index in [-0.39, 0.29) is 0 Å². The summed E-state index contributed by atoms with van der Waals surface area (Å²) < 4.78 is 11.9. The molecule has 0 bridgehead atoms. The minimum absolute atomic E-state index is 0.324. The number of nitrogens with one attached hydrogen (secondary N) is 1. The number of piperidine rings is 2. The monoisotopic (exact) mass is 394 g/mol. The van der Waals surface area contributed by atoms with Gasteiger partial charge in [0.15, 0.2) is 5.96 Å².